The van der Waals surface area contributed by atoms with Crippen LogP contribution in [0.1, 0.15) is 48.1 Å². The first-order chi connectivity index (χ1) is 12.6. The maximum absolute atomic E-state index is 12.9. The molecule has 2 heterocycles. The lowest BCUT2D eigenvalue weighted by atomic mass is 9.94. The molecule has 140 valence electrons. The number of hydrogen-bond donors (Lipinski definition) is 0. The van der Waals surface area contributed by atoms with E-state index in [0.29, 0.717) is 12.3 Å². The van der Waals surface area contributed by atoms with Crippen molar-refractivity contribution in [2.24, 2.45) is 0 Å². The monoisotopic (exact) mass is 370 g/mol. The number of aryl methyl sites for hydroxylation is 2. The van der Waals surface area contributed by atoms with Crippen molar-refractivity contribution in [1.29, 1.82) is 0 Å². The summed E-state index contributed by atoms with van der Waals surface area (Å²) in [6.07, 6.45) is 7.45. The highest BCUT2D eigenvalue weighted by Gasteiger charge is 2.27. The molecule has 1 aromatic heterocycles. The molecule has 2 aromatic rings. The number of hydrogen-bond acceptors (Lipinski definition) is 3. The van der Waals surface area contributed by atoms with Gasteiger partial charge >= 0.3 is 0 Å². The van der Waals surface area contributed by atoms with E-state index in [1.54, 1.807) is 11.3 Å². The van der Waals surface area contributed by atoms with Crippen LogP contribution in [-0.4, -0.2) is 47.9 Å². The van der Waals surface area contributed by atoms with Crippen molar-refractivity contribution in [3.05, 3.63) is 34.2 Å². The third kappa shape index (κ3) is 3.67. The summed E-state index contributed by atoms with van der Waals surface area (Å²) in [6.45, 7) is 8.22. The first-order valence-corrected chi connectivity index (χ1v) is 10.9. The smallest absolute Gasteiger partial charge is 0.227 e. The summed E-state index contributed by atoms with van der Waals surface area (Å²) in [4.78, 5) is 18.8. The predicted molar refractivity (Wildman–Crippen MR) is 110 cm³/mol. The maximum Gasteiger partial charge on any atom is 0.227 e. The van der Waals surface area contributed by atoms with E-state index in [9.17, 15) is 4.79 Å². The minimum Gasteiger partial charge on any atom is -0.340 e. The Kier molecular flexibility index (Phi) is 5.32. The van der Waals surface area contributed by atoms with Gasteiger partial charge in [-0.25, -0.2) is 0 Å². The molecule has 1 saturated carbocycles. The molecule has 0 bridgehead atoms. The fraction of sp³-hybridized carbons (Fsp3) is 0.591. The molecule has 2 fully saturated rings. The van der Waals surface area contributed by atoms with Gasteiger partial charge in [-0.15, -0.1) is 11.3 Å². The summed E-state index contributed by atoms with van der Waals surface area (Å²) in [5.74, 6) is 0.305. The standard InChI is InChI=1S/C22H30N2OS/c1-16-8-9-20-19(14-16)17(2)21(26-20)15-22(25)24-12-10-23(11-13-24)18-6-4-3-5-7-18/h8-9,14,18H,3-7,10-13,15H2,1-2H3. The molecule has 4 rings (SSSR count). The quantitative estimate of drug-likeness (QED) is 0.792. The number of rotatable bonds is 3. The van der Waals surface area contributed by atoms with Crippen molar-refractivity contribution < 1.29 is 4.79 Å². The summed E-state index contributed by atoms with van der Waals surface area (Å²) < 4.78 is 1.30. The lowest BCUT2D eigenvalue weighted by Gasteiger charge is -2.40. The van der Waals surface area contributed by atoms with E-state index in [-0.39, 0.29) is 0 Å². The molecule has 26 heavy (non-hydrogen) atoms. The molecule has 3 nitrogen and oxygen atoms in total. The van der Waals surface area contributed by atoms with Gasteiger partial charge in [-0.05, 0) is 43.7 Å². The number of benzene rings is 1. The summed E-state index contributed by atoms with van der Waals surface area (Å²) in [5, 5.41) is 1.32. The number of thiophene rings is 1. The van der Waals surface area contributed by atoms with Crippen LogP contribution in [0, 0.1) is 13.8 Å². The van der Waals surface area contributed by atoms with Gasteiger partial charge in [-0.2, -0.15) is 0 Å². The summed E-state index contributed by atoms with van der Waals surface area (Å²) in [7, 11) is 0. The lowest BCUT2D eigenvalue weighted by Crippen LogP contribution is -2.52. The number of nitrogens with zero attached hydrogens (tertiary/aromatic N) is 2. The summed E-state index contributed by atoms with van der Waals surface area (Å²) in [5.41, 5.74) is 2.58. The van der Waals surface area contributed by atoms with Crippen LogP contribution in [0.3, 0.4) is 0 Å². The second kappa shape index (κ2) is 7.69. The number of carbonyl (C=O) groups is 1. The fourth-order valence-corrected chi connectivity index (χ4v) is 5.77. The van der Waals surface area contributed by atoms with E-state index in [1.165, 1.54) is 58.2 Å². The molecule has 0 radical (unpaired) electrons. The zero-order valence-corrected chi connectivity index (χ0v) is 16.9. The van der Waals surface area contributed by atoms with Gasteiger partial charge in [0.2, 0.25) is 5.91 Å². The van der Waals surface area contributed by atoms with Crippen LogP contribution < -0.4 is 0 Å². The van der Waals surface area contributed by atoms with Crippen molar-refractivity contribution in [2.45, 2.75) is 58.4 Å². The highest BCUT2D eigenvalue weighted by atomic mass is 32.1. The second-order valence-corrected chi connectivity index (χ2v) is 9.17. The van der Waals surface area contributed by atoms with Gasteiger partial charge in [0.15, 0.2) is 0 Å². The minimum absolute atomic E-state index is 0.305. The van der Waals surface area contributed by atoms with Crippen molar-refractivity contribution >= 4 is 27.3 Å². The third-order valence-electron chi connectivity index (χ3n) is 6.26. The van der Waals surface area contributed by atoms with E-state index in [4.69, 9.17) is 0 Å². The van der Waals surface area contributed by atoms with Gasteiger partial charge in [0.25, 0.3) is 0 Å². The number of piperazine rings is 1. The van der Waals surface area contributed by atoms with Gasteiger partial charge in [0.05, 0.1) is 6.42 Å². The van der Waals surface area contributed by atoms with Gasteiger partial charge < -0.3 is 4.90 Å². The van der Waals surface area contributed by atoms with Gasteiger partial charge in [-0.3, -0.25) is 9.69 Å². The molecule has 1 aliphatic heterocycles. The third-order valence-corrected chi connectivity index (χ3v) is 7.53. The fourth-order valence-electron chi connectivity index (χ4n) is 4.59. The number of fused-ring (bicyclic) bond motifs is 1. The number of amides is 1. The minimum atomic E-state index is 0.305. The van der Waals surface area contributed by atoms with E-state index in [0.717, 1.165) is 32.2 Å². The maximum atomic E-state index is 12.9. The molecule has 1 amide bonds. The van der Waals surface area contributed by atoms with Crippen LogP contribution in [0.4, 0.5) is 0 Å². The Morgan fingerprint density at radius 2 is 1.81 bits per heavy atom. The van der Waals surface area contributed by atoms with Crippen LogP contribution >= 0.6 is 11.3 Å². The van der Waals surface area contributed by atoms with Crippen LogP contribution in [-0.2, 0) is 11.2 Å². The van der Waals surface area contributed by atoms with Crippen LogP contribution in [0.15, 0.2) is 18.2 Å². The average Bonchev–Trinajstić information content (AvgIpc) is 2.98. The van der Waals surface area contributed by atoms with Crippen LogP contribution in [0.25, 0.3) is 10.1 Å². The highest BCUT2D eigenvalue weighted by molar-refractivity contribution is 7.19. The Hall–Kier alpha value is -1.39. The van der Waals surface area contributed by atoms with Crippen LogP contribution in [0.2, 0.25) is 0 Å². The zero-order valence-electron chi connectivity index (χ0n) is 16.1. The van der Waals surface area contributed by atoms with Crippen molar-refractivity contribution in [3.63, 3.8) is 0 Å². The topological polar surface area (TPSA) is 23.6 Å². The highest BCUT2D eigenvalue weighted by Crippen LogP contribution is 2.32. The molecule has 1 aliphatic carbocycles. The van der Waals surface area contributed by atoms with Gasteiger partial charge in [0.1, 0.15) is 0 Å². The lowest BCUT2D eigenvalue weighted by molar-refractivity contribution is -0.132. The normalized spacial score (nSPS) is 20.0. The Bertz CT molecular complexity index is 783. The Morgan fingerprint density at radius 1 is 1.08 bits per heavy atom. The van der Waals surface area contributed by atoms with E-state index < -0.39 is 0 Å². The molecular weight excluding hydrogens is 340 g/mol. The predicted octanol–water partition coefficient (Wildman–Crippen LogP) is 4.54. The molecule has 2 aliphatic rings. The molecule has 1 saturated heterocycles. The molecule has 0 N–H and O–H groups in total. The Balaban J connectivity index is 1.38. The summed E-state index contributed by atoms with van der Waals surface area (Å²) >= 11 is 1.79. The van der Waals surface area contributed by atoms with Crippen molar-refractivity contribution in [3.8, 4) is 0 Å². The first-order valence-electron chi connectivity index (χ1n) is 10.1. The van der Waals surface area contributed by atoms with Crippen molar-refractivity contribution in [2.75, 3.05) is 26.2 Å². The largest absolute Gasteiger partial charge is 0.340 e. The second-order valence-electron chi connectivity index (χ2n) is 8.04. The number of carbonyl (C=O) groups excluding carboxylic acids is 1. The average molecular weight is 371 g/mol. The van der Waals surface area contributed by atoms with E-state index in [2.05, 4.69) is 41.8 Å². The van der Waals surface area contributed by atoms with Gasteiger partial charge in [0, 0.05) is 41.8 Å². The molecule has 0 atom stereocenters. The van der Waals surface area contributed by atoms with Crippen molar-refractivity contribution in [1.82, 2.24) is 9.80 Å². The Labute approximate surface area is 161 Å². The van der Waals surface area contributed by atoms with Gasteiger partial charge in [-0.1, -0.05) is 37.0 Å². The zero-order chi connectivity index (χ0) is 18.1. The molecule has 4 heteroatoms. The molecule has 0 spiro atoms. The molecule has 1 aromatic carbocycles. The Morgan fingerprint density at radius 3 is 2.54 bits per heavy atom. The van der Waals surface area contributed by atoms with E-state index >= 15 is 0 Å². The summed E-state index contributed by atoms with van der Waals surface area (Å²) in [6, 6.07) is 7.38. The van der Waals surface area contributed by atoms with Crippen LogP contribution in [0.5, 0.6) is 0 Å². The molecule has 0 unspecified atom stereocenters. The van der Waals surface area contributed by atoms with E-state index in [1.807, 2.05) is 0 Å². The molecular formula is C22H30N2OS. The SMILES string of the molecule is Cc1ccc2sc(CC(=O)N3CCN(C4CCCCC4)CC3)c(C)c2c1. The first kappa shape index (κ1) is 18.0.